The van der Waals surface area contributed by atoms with Gasteiger partial charge in [0.1, 0.15) is 11.2 Å². The predicted molar refractivity (Wildman–Crippen MR) is 183 cm³/mol. The molecule has 0 fully saturated rings. The van der Waals surface area contributed by atoms with Gasteiger partial charge in [0.15, 0.2) is 0 Å². The first-order valence-electron chi connectivity index (χ1n) is 19.4. The van der Waals surface area contributed by atoms with Crippen molar-refractivity contribution < 1.29 is 19.5 Å². The Morgan fingerprint density at radius 1 is 0.349 bits per heavy atom. The van der Waals surface area contributed by atoms with Crippen LogP contribution in [0.2, 0.25) is 0 Å². The van der Waals surface area contributed by atoms with Crippen molar-refractivity contribution in [1.82, 2.24) is 0 Å². The molecule has 0 bridgehead atoms. The lowest BCUT2D eigenvalue weighted by atomic mass is 9.91. The Morgan fingerprint density at radius 2 is 0.884 bits per heavy atom. The Kier molecular flexibility index (Phi) is 3.41. The molecule has 0 aliphatic carbocycles. The molecule has 0 aliphatic heterocycles. The van der Waals surface area contributed by atoms with Gasteiger partial charge in [-0.15, -0.1) is 0 Å². The van der Waals surface area contributed by atoms with E-state index in [0.717, 1.165) is 44.2 Å². The maximum atomic E-state index is 9.52. The van der Waals surface area contributed by atoms with Crippen LogP contribution in [0.25, 0.3) is 87.6 Å². The van der Waals surface area contributed by atoms with Crippen LogP contribution < -0.4 is 0 Å². The van der Waals surface area contributed by atoms with Gasteiger partial charge < -0.3 is 4.42 Å². The fraction of sp³-hybridized carbons (Fsp3) is 0. The minimum Gasteiger partial charge on any atom is -0.456 e. The number of furan rings is 1. The van der Waals surface area contributed by atoms with Crippen molar-refractivity contribution >= 4 is 54.3 Å². The molecule has 0 saturated carbocycles. The fourth-order valence-corrected chi connectivity index (χ4v) is 5.92. The molecule has 8 aromatic carbocycles. The van der Waals surface area contributed by atoms with Crippen LogP contribution in [0.4, 0.5) is 0 Å². The molecule has 9 rings (SSSR count). The first-order chi connectivity index (χ1) is 25.9. The van der Waals surface area contributed by atoms with Gasteiger partial charge in [0, 0.05) is 10.8 Å². The third kappa shape index (κ3) is 3.86. The lowest BCUT2D eigenvalue weighted by Crippen LogP contribution is -1.86. The molecule has 43 heavy (non-hydrogen) atoms. The highest BCUT2D eigenvalue weighted by Crippen LogP contribution is 2.38. The second kappa shape index (κ2) is 9.44. The van der Waals surface area contributed by atoms with Gasteiger partial charge in [-0.2, -0.15) is 0 Å². The van der Waals surface area contributed by atoms with Gasteiger partial charge in [0.05, 0.1) is 15.1 Å². The van der Waals surface area contributed by atoms with Gasteiger partial charge in [0.2, 0.25) is 0 Å². The molecule has 1 nitrogen and oxygen atoms in total. The Balaban J connectivity index is 1.24. The van der Waals surface area contributed by atoms with Crippen LogP contribution in [0.15, 0.2) is 162 Å². The molecule has 0 unspecified atom stereocenters. The van der Waals surface area contributed by atoms with Crippen molar-refractivity contribution in [1.29, 1.82) is 0 Å². The van der Waals surface area contributed by atoms with Gasteiger partial charge in [-0.3, -0.25) is 0 Å². The van der Waals surface area contributed by atoms with Gasteiger partial charge in [-0.25, -0.2) is 0 Å². The molecule has 200 valence electrons. The van der Waals surface area contributed by atoms with Crippen molar-refractivity contribution in [3.63, 3.8) is 0 Å². The second-order valence-corrected chi connectivity index (χ2v) is 10.5. The van der Waals surface area contributed by atoms with E-state index in [1.165, 1.54) is 0 Å². The third-order valence-electron chi connectivity index (χ3n) is 8.02. The minimum atomic E-state index is -0.599. The summed E-state index contributed by atoms with van der Waals surface area (Å²) >= 11 is 0. The first kappa shape index (κ1) is 15.5. The lowest BCUT2D eigenvalue weighted by molar-refractivity contribution is 0.669. The van der Waals surface area contributed by atoms with Gasteiger partial charge in [-0.05, 0) is 96.0 Å². The maximum absolute atomic E-state index is 9.52. The Bertz CT molecular complexity index is 3070. The number of rotatable bonds is 3. The van der Waals surface area contributed by atoms with Crippen LogP contribution in [0.3, 0.4) is 0 Å². The van der Waals surface area contributed by atoms with Crippen LogP contribution in [0.5, 0.6) is 0 Å². The molecule has 0 N–H and O–H groups in total. The summed E-state index contributed by atoms with van der Waals surface area (Å²) in [5.74, 6) is 0. The smallest absolute Gasteiger partial charge is 0.135 e. The number of benzene rings is 8. The summed E-state index contributed by atoms with van der Waals surface area (Å²) in [6.45, 7) is 0. The molecule has 1 heterocycles. The van der Waals surface area contributed by atoms with Crippen LogP contribution in [-0.4, -0.2) is 0 Å². The second-order valence-electron chi connectivity index (χ2n) is 10.5. The largest absolute Gasteiger partial charge is 0.456 e. The van der Waals surface area contributed by atoms with Gasteiger partial charge in [0.25, 0.3) is 0 Å². The summed E-state index contributed by atoms with van der Waals surface area (Å²) in [5, 5.41) is 1.20. The van der Waals surface area contributed by atoms with Crippen LogP contribution in [0.1, 0.15) is 15.1 Å². The minimum absolute atomic E-state index is 0.0560. The number of para-hydroxylation sites is 1. The molecule has 0 spiro atoms. The van der Waals surface area contributed by atoms with E-state index in [2.05, 4.69) is 6.07 Å². The summed E-state index contributed by atoms with van der Waals surface area (Å²) < 4.78 is 103. The highest BCUT2D eigenvalue weighted by atomic mass is 16.3. The highest BCUT2D eigenvalue weighted by molar-refractivity contribution is 6.25. The molecule has 1 aromatic heterocycles. The summed E-state index contributed by atoms with van der Waals surface area (Å²) in [7, 11) is 0. The fourth-order valence-electron chi connectivity index (χ4n) is 5.92. The summed E-state index contributed by atoms with van der Waals surface area (Å²) in [6, 6.07) is 23.7. The monoisotopic (exact) mass is 557 g/mol. The highest BCUT2D eigenvalue weighted by Gasteiger charge is 2.11. The van der Waals surface area contributed by atoms with E-state index >= 15 is 0 Å². The van der Waals surface area contributed by atoms with E-state index in [-0.39, 0.29) is 50.0 Å². The summed E-state index contributed by atoms with van der Waals surface area (Å²) in [4.78, 5) is 0. The normalized spacial score (nSPS) is 15.3. The van der Waals surface area contributed by atoms with E-state index < -0.39 is 54.4 Å². The molecule has 9 aromatic rings. The molecular weight excluding hydrogens is 520 g/mol. The van der Waals surface area contributed by atoms with Gasteiger partial charge in [-0.1, -0.05) is 127 Å². The number of fused-ring (bicyclic) bond motifs is 9. The maximum Gasteiger partial charge on any atom is 0.135 e. The first-order valence-corrected chi connectivity index (χ1v) is 13.9. The van der Waals surface area contributed by atoms with Crippen molar-refractivity contribution in [2.75, 3.05) is 0 Å². The zero-order chi connectivity index (χ0) is 37.9. The van der Waals surface area contributed by atoms with E-state index in [1.54, 1.807) is 18.2 Å². The third-order valence-corrected chi connectivity index (χ3v) is 8.02. The average Bonchev–Trinajstić information content (AvgIpc) is 3.57. The molecule has 1 heteroatoms. The number of hydrogen-bond donors (Lipinski definition) is 0. The predicted octanol–water partition coefficient (Wildman–Crippen LogP) is 12.0. The SMILES string of the molecule is [2H]c1c([2H])c([2H])c2c(c1[2H])c1c([2H])c([2H])c([2H])c([2H])c1c1c([2H])c(-c3cccc(-c4ccc(-c5ccc6oc7ccccc7c6c5)cc4)c3)c([2H])c([2H])c21. The van der Waals surface area contributed by atoms with E-state index in [4.69, 9.17) is 16.8 Å². The quantitative estimate of drug-likeness (QED) is 0.197. The van der Waals surface area contributed by atoms with Crippen LogP contribution in [0, 0.1) is 0 Å². The topological polar surface area (TPSA) is 13.1 Å². The number of hydrogen-bond acceptors (Lipinski definition) is 1. The van der Waals surface area contributed by atoms with Crippen molar-refractivity contribution in [2.24, 2.45) is 0 Å². The molecule has 0 saturated heterocycles. The van der Waals surface area contributed by atoms with E-state index in [9.17, 15) is 2.74 Å². The standard InChI is InChI=1S/C42H26O/c1-2-12-35-33(10-1)34-11-3-4-13-36(34)39-25-32(20-22-37(35)39)30-9-7-8-29(24-30)27-16-18-28(19-17-27)31-21-23-42-40(26-31)38-14-5-6-15-41(38)43-42/h1-26H/i1D,2D,3D,4D,10D,11D,12D,13D,20D,22D,25D. The van der Waals surface area contributed by atoms with Crippen LogP contribution in [-0.2, 0) is 0 Å². The molecular formula is C42H26O. The molecule has 0 amide bonds. The molecule has 0 atom stereocenters. The summed E-state index contributed by atoms with van der Waals surface area (Å²) in [5.41, 5.74) is 5.79. The van der Waals surface area contributed by atoms with Crippen molar-refractivity contribution in [2.45, 2.75) is 0 Å². The van der Waals surface area contributed by atoms with Crippen LogP contribution >= 0.6 is 0 Å². The lowest BCUT2D eigenvalue weighted by Gasteiger charge is -2.12. The van der Waals surface area contributed by atoms with Crippen molar-refractivity contribution in [3.8, 4) is 33.4 Å². The zero-order valence-corrected chi connectivity index (χ0v) is 22.6. The van der Waals surface area contributed by atoms with E-state index in [1.807, 2.05) is 66.7 Å². The summed E-state index contributed by atoms with van der Waals surface area (Å²) in [6.07, 6.45) is 0. The van der Waals surface area contributed by atoms with Gasteiger partial charge >= 0.3 is 0 Å². The molecule has 0 aliphatic rings. The Labute approximate surface area is 264 Å². The average molecular weight is 558 g/mol. The van der Waals surface area contributed by atoms with E-state index in [0.29, 0.717) is 5.56 Å². The Hall–Kier alpha value is -5.66. The Morgan fingerprint density at radius 3 is 1.58 bits per heavy atom. The van der Waals surface area contributed by atoms with Crippen molar-refractivity contribution in [3.05, 3.63) is 157 Å². The zero-order valence-electron chi connectivity index (χ0n) is 33.6. The molecule has 0 radical (unpaired) electrons.